The van der Waals surface area contributed by atoms with E-state index in [1.165, 1.54) is 0 Å². The fourth-order valence-electron chi connectivity index (χ4n) is 5.72. The molecular formula is C34H39N3O5P+. The van der Waals surface area contributed by atoms with Gasteiger partial charge in [0.15, 0.2) is 0 Å². The zero-order valence-corrected chi connectivity index (χ0v) is 25.9. The summed E-state index contributed by atoms with van der Waals surface area (Å²) in [5.41, 5.74) is 3.57. The minimum absolute atomic E-state index is 0.145. The van der Waals surface area contributed by atoms with E-state index in [2.05, 4.69) is 88.6 Å². The summed E-state index contributed by atoms with van der Waals surface area (Å²) in [6, 6.07) is 30.8. The van der Waals surface area contributed by atoms with E-state index >= 15 is 0 Å². The molecule has 1 aromatic heterocycles. The summed E-state index contributed by atoms with van der Waals surface area (Å²) in [4.78, 5) is 17.0. The van der Waals surface area contributed by atoms with Crippen LogP contribution in [0.5, 0.6) is 0 Å². The predicted octanol–water partition coefficient (Wildman–Crippen LogP) is 6.86. The topological polar surface area (TPSA) is 91.7 Å². The smallest absolute Gasteiger partial charge is 0.462 e. The number of ether oxygens (including phenoxy) is 2. The van der Waals surface area contributed by atoms with Crippen molar-refractivity contribution in [2.45, 2.75) is 70.4 Å². The molecule has 1 aliphatic heterocycles. The van der Waals surface area contributed by atoms with Gasteiger partial charge in [-0.25, -0.2) is 4.98 Å². The number of aryl methyl sites for hydroxylation is 1. The molecule has 9 heteroatoms. The monoisotopic (exact) mass is 600 g/mol. The first kappa shape index (κ1) is 30.8. The van der Waals surface area contributed by atoms with E-state index in [0.717, 1.165) is 41.1 Å². The van der Waals surface area contributed by atoms with Gasteiger partial charge in [-0.05, 0) is 61.8 Å². The molecule has 1 N–H and O–H groups in total. The van der Waals surface area contributed by atoms with E-state index in [0.29, 0.717) is 0 Å². The number of nitrogens with one attached hydrogen (secondary N) is 1. The molecule has 4 atom stereocenters. The average molecular weight is 601 g/mol. The number of carbonyl (C=O) groups excluding carboxylic acids is 1. The largest absolute Gasteiger partial charge is 0.613 e. The Bertz CT molecular complexity index is 1410. The maximum absolute atomic E-state index is 12.5. The van der Waals surface area contributed by atoms with Crippen molar-refractivity contribution in [3.8, 4) is 0 Å². The molecule has 1 saturated heterocycles. The fraction of sp³-hybridized carbons (Fsp3) is 0.353. The predicted molar refractivity (Wildman–Crippen MR) is 166 cm³/mol. The number of esters is 1. The third-order valence-corrected chi connectivity index (χ3v) is 8.64. The second kappa shape index (κ2) is 13.7. The molecule has 5 rings (SSSR count). The third kappa shape index (κ3) is 6.78. The lowest BCUT2D eigenvalue weighted by Crippen LogP contribution is -2.38. The van der Waals surface area contributed by atoms with E-state index in [1.54, 1.807) is 20.8 Å². The lowest BCUT2D eigenvalue weighted by molar-refractivity contribution is -0.149. The van der Waals surface area contributed by atoms with Crippen LogP contribution in [0.25, 0.3) is 0 Å². The molecule has 224 valence electrons. The summed E-state index contributed by atoms with van der Waals surface area (Å²) >= 11 is 0. The highest BCUT2D eigenvalue weighted by Crippen LogP contribution is 2.43. The maximum Gasteiger partial charge on any atom is 0.613 e. The fourth-order valence-corrected chi connectivity index (χ4v) is 6.52. The Balaban J connectivity index is 1.38. The highest BCUT2D eigenvalue weighted by molar-refractivity contribution is 7.36. The van der Waals surface area contributed by atoms with Crippen molar-refractivity contribution in [2.75, 3.05) is 6.61 Å². The van der Waals surface area contributed by atoms with E-state index in [-0.39, 0.29) is 24.9 Å². The third-order valence-electron chi connectivity index (χ3n) is 7.66. The molecule has 2 heterocycles. The normalized spacial score (nSPS) is 18.0. The minimum atomic E-state index is -2.26. The van der Waals surface area contributed by atoms with Gasteiger partial charge in [0.05, 0.1) is 17.9 Å². The van der Waals surface area contributed by atoms with Crippen LogP contribution in [-0.4, -0.2) is 40.4 Å². The van der Waals surface area contributed by atoms with Crippen molar-refractivity contribution < 1.29 is 23.4 Å². The zero-order chi connectivity index (χ0) is 30.4. The van der Waals surface area contributed by atoms with Crippen LogP contribution in [0, 0.1) is 6.92 Å². The maximum atomic E-state index is 12.5. The number of benzene rings is 3. The van der Waals surface area contributed by atoms with Gasteiger partial charge in [0, 0.05) is 6.20 Å². The van der Waals surface area contributed by atoms with Gasteiger partial charge in [-0.15, -0.1) is 4.52 Å². The average Bonchev–Trinajstić information content (AvgIpc) is 3.65. The van der Waals surface area contributed by atoms with Crippen molar-refractivity contribution in [1.82, 2.24) is 14.6 Å². The summed E-state index contributed by atoms with van der Waals surface area (Å²) in [6.45, 7) is 7.31. The second-order valence-electron chi connectivity index (χ2n) is 11.1. The standard InChI is InChI=1S/C34H39N3O5P/c1-24(2)41-33(38)25(3)36-43(39)40-23-30-20-21-32(42-30)31-22-37(26(4)35-31)34(27-14-8-5-9-15-27,28-16-10-6-11-17-28)29-18-12-7-13-19-29/h5-19,22,24-25,30,32H,20-21,23H2,1-4H3,(H,36,39)/q+1/t25?,30-,32+/m0/s1. The summed E-state index contributed by atoms with van der Waals surface area (Å²) in [7, 11) is -2.26. The van der Waals surface area contributed by atoms with Gasteiger partial charge in [0.2, 0.25) is 0 Å². The van der Waals surface area contributed by atoms with Crippen molar-refractivity contribution in [2.24, 2.45) is 0 Å². The van der Waals surface area contributed by atoms with Gasteiger partial charge in [0.1, 0.15) is 30.1 Å². The molecule has 0 radical (unpaired) electrons. The molecule has 0 bridgehead atoms. The first-order chi connectivity index (χ1) is 20.8. The molecule has 0 amide bonds. The second-order valence-corrected chi connectivity index (χ2v) is 12.1. The molecule has 0 spiro atoms. The number of hydrogen-bond acceptors (Lipinski definition) is 6. The summed E-state index contributed by atoms with van der Waals surface area (Å²) in [6.07, 6.45) is 2.91. The number of imidazole rings is 1. The Morgan fingerprint density at radius 2 is 1.49 bits per heavy atom. The van der Waals surface area contributed by atoms with Crippen LogP contribution >= 0.6 is 8.18 Å². The molecule has 4 aromatic rings. The van der Waals surface area contributed by atoms with Crippen molar-refractivity contribution in [3.63, 3.8) is 0 Å². The van der Waals surface area contributed by atoms with Gasteiger partial charge in [-0.1, -0.05) is 96.1 Å². The number of aromatic nitrogens is 2. The van der Waals surface area contributed by atoms with Crippen LogP contribution < -0.4 is 5.09 Å². The summed E-state index contributed by atoms with van der Waals surface area (Å²) in [5.74, 6) is 0.395. The number of hydrogen-bond donors (Lipinski definition) is 1. The Hall–Kier alpha value is -3.68. The van der Waals surface area contributed by atoms with Crippen LogP contribution in [0.2, 0.25) is 0 Å². The molecule has 2 unspecified atom stereocenters. The Morgan fingerprint density at radius 3 is 2.00 bits per heavy atom. The van der Waals surface area contributed by atoms with Crippen molar-refractivity contribution >= 4 is 14.1 Å². The van der Waals surface area contributed by atoms with Crippen LogP contribution in [-0.2, 0) is 28.9 Å². The number of rotatable bonds is 12. The van der Waals surface area contributed by atoms with Crippen LogP contribution in [0.1, 0.15) is 67.9 Å². The molecule has 0 saturated carbocycles. The summed E-state index contributed by atoms with van der Waals surface area (Å²) in [5, 5.41) is 2.67. The molecule has 1 fully saturated rings. The zero-order valence-electron chi connectivity index (χ0n) is 25.1. The van der Waals surface area contributed by atoms with E-state index in [1.807, 2.05) is 25.1 Å². The Morgan fingerprint density at radius 1 is 0.953 bits per heavy atom. The first-order valence-electron chi connectivity index (χ1n) is 14.7. The molecular weight excluding hydrogens is 561 g/mol. The summed E-state index contributed by atoms with van der Waals surface area (Å²) < 4.78 is 31.7. The van der Waals surface area contributed by atoms with Gasteiger partial charge >= 0.3 is 14.1 Å². The highest BCUT2D eigenvalue weighted by atomic mass is 31.1. The van der Waals surface area contributed by atoms with E-state index in [4.69, 9.17) is 19.0 Å². The Kier molecular flexibility index (Phi) is 9.83. The molecule has 8 nitrogen and oxygen atoms in total. The number of nitrogens with zero attached hydrogens (tertiary/aromatic N) is 2. The molecule has 1 aliphatic rings. The van der Waals surface area contributed by atoms with E-state index < -0.39 is 25.7 Å². The molecule has 43 heavy (non-hydrogen) atoms. The van der Waals surface area contributed by atoms with Crippen molar-refractivity contribution in [3.05, 3.63) is 125 Å². The first-order valence-corrected chi connectivity index (χ1v) is 15.9. The van der Waals surface area contributed by atoms with Gasteiger partial charge < -0.3 is 14.0 Å². The van der Waals surface area contributed by atoms with Crippen LogP contribution in [0.3, 0.4) is 0 Å². The van der Waals surface area contributed by atoms with Gasteiger partial charge in [-0.2, -0.15) is 0 Å². The Labute approximate surface area is 254 Å². The molecule has 3 aromatic carbocycles. The van der Waals surface area contributed by atoms with Gasteiger partial charge in [-0.3, -0.25) is 4.79 Å². The van der Waals surface area contributed by atoms with Crippen LogP contribution in [0.4, 0.5) is 0 Å². The van der Waals surface area contributed by atoms with Gasteiger partial charge in [0.25, 0.3) is 0 Å². The molecule has 0 aliphatic carbocycles. The van der Waals surface area contributed by atoms with Crippen molar-refractivity contribution in [1.29, 1.82) is 0 Å². The lowest BCUT2D eigenvalue weighted by atomic mass is 9.76. The SMILES string of the molecule is Cc1nc([C@H]2CC[C@@H](CO[P+](=O)NC(C)C(=O)OC(C)C)O2)cn1C(c1ccccc1)(c1ccccc1)c1ccccc1. The highest BCUT2D eigenvalue weighted by Gasteiger charge is 2.41. The quantitative estimate of drug-likeness (QED) is 0.108. The lowest BCUT2D eigenvalue weighted by Gasteiger charge is -2.38. The van der Waals surface area contributed by atoms with Crippen LogP contribution in [0.15, 0.2) is 97.2 Å². The number of carbonyl (C=O) groups is 1. The van der Waals surface area contributed by atoms with E-state index in [9.17, 15) is 9.36 Å². The minimum Gasteiger partial charge on any atom is -0.462 e.